The third kappa shape index (κ3) is 6.32. The maximum absolute atomic E-state index is 11.1. The van der Waals surface area contributed by atoms with Crippen molar-refractivity contribution in [2.24, 2.45) is 0 Å². The number of carboxylic acids is 1. The van der Waals surface area contributed by atoms with Crippen molar-refractivity contribution in [1.82, 2.24) is 4.72 Å². The molecule has 0 aliphatic rings. The van der Waals surface area contributed by atoms with Gasteiger partial charge < -0.3 is 14.9 Å². The van der Waals surface area contributed by atoms with Gasteiger partial charge in [0, 0.05) is 6.54 Å². The zero-order valence-electron chi connectivity index (χ0n) is 8.54. The average Bonchev–Trinajstić information content (AvgIpc) is 2.13. The summed E-state index contributed by atoms with van der Waals surface area (Å²) in [5, 5.41) is 17.1. The molecule has 0 radical (unpaired) electrons. The third-order valence-electron chi connectivity index (χ3n) is 1.39. The number of aliphatic carboxylic acids is 1. The number of hydrogen-bond donors (Lipinski definition) is 3. The second-order valence-corrected chi connectivity index (χ2v) is 4.57. The van der Waals surface area contributed by atoms with Crippen LogP contribution in [0.15, 0.2) is 0 Å². The number of nitrogens with one attached hydrogen (secondary N) is 1. The number of hydrogen-bond acceptors (Lipinski definition) is 6. The Balaban J connectivity index is 4.16. The summed E-state index contributed by atoms with van der Waals surface area (Å²) in [4.78, 5) is 21.0. The normalized spacial score (nSPS) is 13.1. The Morgan fingerprint density at radius 1 is 1.44 bits per heavy atom. The Bertz CT molecular complexity index is 350. The fourth-order valence-corrected chi connectivity index (χ4v) is 1.61. The molecule has 1 atom stereocenters. The number of carbonyl (C=O) groups excluding carboxylic acids is 1. The first-order valence-corrected chi connectivity index (χ1v) is 5.97. The van der Waals surface area contributed by atoms with E-state index in [0.717, 1.165) is 0 Å². The molecule has 16 heavy (non-hydrogen) atoms. The molecule has 0 amide bonds. The highest BCUT2D eigenvalue weighted by atomic mass is 32.2. The summed E-state index contributed by atoms with van der Waals surface area (Å²) >= 11 is 0. The molecule has 0 heterocycles. The molecule has 94 valence electrons. The molecule has 1 unspecified atom stereocenters. The molecule has 0 aromatic heterocycles. The molecular formula is C7H13NO7S. The van der Waals surface area contributed by atoms with E-state index >= 15 is 0 Å². The van der Waals surface area contributed by atoms with Gasteiger partial charge in [-0.3, -0.25) is 4.79 Å². The molecule has 0 spiro atoms. The van der Waals surface area contributed by atoms with Crippen molar-refractivity contribution < 1.29 is 33.0 Å². The van der Waals surface area contributed by atoms with Crippen LogP contribution in [0.25, 0.3) is 0 Å². The van der Waals surface area contributed by atoms with Gasteiger partial charge in [-0.1, -0.05) is 0 Å². The summed E-state index contributed by atoms with van der Waals surface area (Å²) < 4.78 is 28.4. The summed E-state index contributed by atoms with van der Waals surface area (Å²) in [6, 6.07) is 0. The summed E-state index contributed by atoms with van der Waals surface area (Å²) in [5.41, 5.74) is 0. The maximum Gasteiger partial charge on any atom is 0.333 e. The van der Waals surface area contributed by atoms with Gasteiger partial charge in [-0.05, 0) is 6.92 Å². The van der Waals surface area contributed by atoms with Crippen LogP contribution in [-0.2, 0) is 24.3 Å². The van der Waals surface area contributed by atoms with E-state index in [1.807, 2.05) is 0 Å². The van der Waals surface area contributed by atoms with Gasteiger partial charge >= 0.3 is 11.9 Å². The summed E-state index contributed by atoms with van der Waals surface area (Å²) in [6.07, 6.45) is -1.85. The molecule has 0 aromatic carbocycles. The number of sulfonamides is 1. The molecule has 3 N–H and O–H groups in total. The molecule has 0 rings (SSSR count). The standard InChI is InChI=1S/C7H13NO7S/c1-2-15-6(10)4-16(13,14)8-3-5(9)7(11)12/h5,8-9H,2-4H2,1H3,(H,11,12). The predicted molar refractivity (Wildman–Crippen MR) is 52.1 cm³/mol. The number of aliphatic hydroxyl groups excluding tert-OH is 1. The van der Waals surface area contributed by atoms with Crippen LogP contribution in [0.2, 0.25) is 0 Å². The fourth-order valence-electron chi connectivity index (χ4n) is 0.702. The monoisotopic (exact) mass is 255 g/mol. The first kappa shape index (κ1) is 14.8. The molecule has 0 aliphatic carbocycles. The SMILES string of the molecule is CCOC(=O)CS(=O)(=O)NCC(O)C(=O)O. The lowest BCUT2D eigenvalue weighted by Gasteiger charge is -2.08. The lowest BCUT2D eigenvalue weighted by atomic mass is 10.4. The molecule has 0 aromatic rings. The van der Waals surface area contributed by atoms with E-state index in [9.17, 15) is 18.0 Å². The molecule has 0 fully saturated rings. The van der Waals surface area contributed by atoms with E-state index < -0.39 is 40.4 Å². The van der Waals surface area contributed by atoms with Gasteiger partial charge in [0.25, 0.3) is 0 Å². The van der Waals surface area contributed by atoms with Crippen molar-refractivity contribution in [2.75, 3.05) is 18.9 Å². The van der Waals surface area contributed by atoms with Crippen LogP contribution >= 0.6 is 0 Å². The third-order valence-corrected chi connectivity index (χ3v) is 2.62. The number of rotatable bonds is 7. The number of carbonyl (C=O) groups is 2. The summed E-state index contributed by atoms with van der Waals surface area (Å²) in [7, 11) is -3.98. The quantitative estimate of drug-likeness (QED) is 0.445. The largest absolute Gasteiger partial charge is 0.479 e. The van der Waals surface area contributed by atoms with Crippen LogP contribution in [0.5, 0.6) is 0 Å². The number of carboxylic acid groups (broad SMARTS) is 1. The second kappa shape index (κ2) is 6.40. The zero-order valence-corrected chi connectivity index (χ0v) is 9.36. The topological polar surface area (TPSA) is 130 Å². The molecule has 0 saturated heterocycles. The highest BCUT2D eigenvalue weighted by Gasteiger charge is 2.20. The van der Waals surface area contributed by atoms with Gasteiger partial charge in [0.1, 0.15) is 0 Å². The van der Waals surface area contributed by atoms with Crippen molar-refractivity contribution in [1.29, 1.82) is 0 Å². The molecular weight excluding hydrogens is 242 g/mol. The molecule has 0 bridgehead atoms. The van der Waals surface area contributed by atoms with Crippen LogP contribution in [0.3, 0.4) is 0 Å². The van der Waals surface area contributed by atoms with Gasteiger partial charge in [0.15, 0.2) is 11.9 Å². The predicted octanol–water partition coefficient (Wildman–Crippen LogP) is -2.09. The lowest BCUT2D eigenvalue weighted by molar-refractivity contribution is -0.146. The summed E-state index contributed by atoms with van der Waals surface area (Å²) in [6.45, 7) is 0.870. The number of ether oxygens (including phenoxy) is 1. The Labute approximate surface area is 92.3 Å². The van der Waals surface area contributed by atoms with Crippen molar-refractivity contribution >= 4 is 22.0 Å². The van der Waals surface area contributed by atoms with Crippen LogP contribution in [-0.4, -0.2) is 55.6 Å². The van der Waals surface area contributed by atoms with Crippen molar-refractivity contribution in [3.8, 4) is 0 Å². The van der Waals surface area contributed by atoms with E-state index in [1.54, 1.807) is 4.72 Å². The maximum atomic E-state index is 11.1. The Morgan fingerprint density at radius 3 is 2.44 bits per heavy atom. The van der Waals surface area contributed by atoms with Crippen molar-refractivity contribution in [3.63, 3.8) is 0 Å². The van der Waals surface area contributed by atoms with Crippen LogP contribution < -0.4 is 4.72 Å². The number of aliphatic hydroxyl groups is 1. The summed E-state index contributed by atoms with van der Waals surface area (Å²) in [5.74, 6) is -3.41. The van der Waals surface area contributed by atoms with E-state index in [0.29, 0.717) is 0 Å². The van der Waals surface area contributed by atoms with Gasteiger partial charge in [-0.2, -0.15) is 0 Å². The highest BCUT2D eigenvalue weighted by Crippen LogP contribution is 1.90. The van der Waals surface area contributed by atoms with Crippen molar-refractivity contribution in [3.05, 3.63) is 0 Å². The molecule has 9 heteroatoms. The minimum absolute atomic E-state index is 0.0477. The van der Waals surface area contributed by atoms with Gasteiger partial charge in [-0.15, -0.1) is 0 Å². The Kier molecular flexibility index (Phi) is 5.93. The second-order valence-electron chi connectivity index (χ2n) is 2.77. The first-order chi connectivity index (χ1) is 7.28. The number of esters is 1. The Morgan fingerprint density at radius 2 is 2.00 bits per heavy atom. The van der Waals surface area contributed by atoms with E-state index in [4.69, 9.17) is 10.2 Å². The molecule has 8 nitrogen and oxygen atoms in total. The van der Waals surface area contributed by atoms with Crippen LogP contribution in [0.4, 0.5) is 0 Å². The Hall–Kier alpha value is -1.19. The van der Waals surface area contributed by atoms with Gasteiger partial charge in [-0.25, -0.2) is 17.9 Å². The van der Waals surface area contributed by atoms with E-state index in [-0.39, 0.29) is 6.61 Å². The lowest BCUT2D eigenvalue weighted by Crippen LogP contribution is -2.39. The van der Waals surface area contributed by atoms with Gasteiger partial charge in [0.05, 0.1) is 6.61 Å². The fraction of sp³-hybridized carbons (Fsp3) is 0.714. The van der Waals surface area contributed by atoms with Crippen LogP contribution in [0, 0.1) is 0 Å². The average molecular weight is 255 g/mol. The molecule has 0 aliphatic heterocycles. The minimum atomic E-state index is -3.98. The molecule has 0 saturated carbocycles. The minimum Gasteiger partial charge on any atom is -0.479 e. The van der Waals surface area contributed by atoms with Crippen molar-refractivity contribution in [2.45, 2.75) is 13.0 Å². The van der Waals surface area contributed by atoms with Crippen LogP contribution in [0.1, 0.15) is 6.92 Å². The smallest absolute Gasteiger partial charge is 0.333 e. The highest BCUT2D eigenvalue weighted by molar-refractivity contribution is 7.90. The van der Waals surface area contributed by atoms with E-state index in [1.165, 1.54) is 6.92 Å². The first-order valence-electron chi connectivity index (χ1n) is 4.32. The van der Waals surface area contributed by atoms with E-state index in [2.05, 4.69) is 4.74 Å². The zero-order chi connectivity index (χ0) is 12.8. The van der Waals surface area contributed by atoms with Gasteiger partial charge in [0.2, 0.25) is 10.0 Å².